The maximum atomic E-state index is 12.3. The van der Waals surface area contributed by atoms with Crippen LogP contribution in [0.25, 0.3) is 11.3 Å². The van der Waals surface area contributed by atoms with E-state index in [4.69, 9.17) is 17.3 Å². The zero-order valence-corrected chi connectivity index (χ0v) is 17.0. The molecule has 0 radical (unpaired) electrons. The first kappa shape index (κ1) is 19.9. The van der Waals surface area contributed by atoms with Crippen molar-refractivity contribution in [1.29, 1.82) is 0 Å². The topological polar surface area (TPSA) is 108 Å². The SMILES string of the molecule is Nc1nc(-c2cccc(NC(=O)Nc3cccc(Cl)c3)c2)cc(N2CCNCC2)n1. The molecule has 1 aliphatic rings. The number of halogens is 1. The molecule has 0 saturated carbocycles. The van der Waals surface area contributed by atoms with Crippen LogP contribution in [0.3, 0.4) is 0 Å². The molecule has 0 unspecified atom stereocenters. The van der Waals surface area contributed by atoms with Crippen LogP contribution in [0.1, 0.15) is 0 Å². The number of amides is 2. The molecule has 2 aromatic carbocycles. The number of carbonyl (C=O) groups excluding carboxylic acids is 1. The molecule has 1 aliphatic heterocycles. The Morgan fingerprint density at radius 3 is 2.43 bits per heavy atom. The number of piperazine rings is 1. The van der Waals surface area contributed by atoms with Gasteiger partial charge in [0.25, 0.3) is 0 Å². The fourth-order valence-corrected chi connectivity index (χ4v) is 3.46. The standard InChI is InChI=1S/C21H22ClN7O/c22-15-4-2-6-17(12-15)26-21(30)25-16-5-1-3-14(11-16)18-13-19(28-20(23)27-18)29-9-7-24-8-10-29/h1-6,11-13,24H,7-10H2,(H2,23,27,28)(H2,25,26,30). The van der Waals surface area contributed by atoms with Gasteiger partial charge in [-0.25, -0.2) is 9.78 Å². The van der Waals surface area contributed by atoms with E-state index >= 15 is 0 Å². The summed E-state index contributed by atoms with van der Waals surface area (Å²) in [4.78, 5) is 23.3. The molecular weight excluding hydrogens is 402 g/mol. The quantitative estimate of drug-likeness (QED) is 0.512. The highest BCUT2D eigenvalue weighted by Crippen LogP contribution is 2.25. The molecule has 5 N–H and O–H groups in total. The molecule has 1 aromatic heterocycles. The Kier molecular flexibility index (Phi) is 5.97. The lowest BCUT2D eigenvalue weighted by Gasteiger charge is -2.28. The fraction of sp³-hybridized carbons (Fsp3) is 0.190. The molecule has 154 valence electrons. The highest BCUT2D eigenvalue weighted by atomic mass is 35.5. The average molecular weight is 424 g/mol. The number of benzene rings is 2. The van der Waals surface area contributed by atoms with Gasteiger partial charge < -0.3 is 26.6 Å². The number of nitrogen functional groups attached to an aromatic ring is 1. The number of nitrogens with two attached hydrogens (primary N) is 1. The maximum absolute atomic E-state index is 12.3. The number of nitrogens with zero attached hydrogens (tertiary/aromatic N) is 3. The normalized spacial score (nSPS) is 13.7. The van der Waals surface area contributed by atoms with Crippen LogP contribution in [-0.2, 0) is 0 Å². The smallest absolute Gasteiger partial charge is 0.323 e. The van der Waals surface area contributed by atoms with Gasteiger partial charge in [0.2, 0.25) is 5.95 Å². The van der Waals surface area contributed by atoms with Crippen LogP contribution in [0.5, 0.6) is 0 Å². The van der Waals surface area contributed by atoms with Gasteiger partial charge in [0.15, 0.2) is 0 Å². The van der Waals surface area contributed by atoms with Crippen LogP contribution in [0.2, 0.25) is 5.02 Å². The first-order chi connectivity index (χ1) is 14.6. The Morgan fingerprint density at radius 1 is 1.00 bits per heavy atom. The van der Waals surface area contributed by atoms with E-state index in [-0.39, 0.29) is 12.0 Å². The minimum Gasteiger partial charge on any atom is -0.368 e. The van der Waals surface area contributed by atoms with Crippen LogP contribution in [-0.4, -0.2) is 42.2 Å². The largest absolute Gasteiger partial charge is 0.368 e. The molecular formula is C21H22ClN7O. The number of anilines is 4. The Bertz CT molecular complexity index is 1050. The summed E-state index contributed by atoms with van der Waals surface area (Å²) in [5.41, 5.74) is 8.75. The van der Waals surface area contributed by atoms with Crippen molar-refractivity contribution in [3.63, 3.8) is 0 Å². The number of carbonyl (C=O) groups is 1. The molecule has 30 heavy (non-hydrogen) atoms. The van der Waals surface area contributed by atoms with E-state index in [1.165, 1.54) is 0 Å². The summed E-state index contributed by atoms with van der Waals surface area (Å²) in [5, 5.41) is 9.46. The maximum Gasteiger partial charge on any atom is 0.323 e. The molecule has 0 atom stereocenters. The number of hydrogen-bond donors (Lipinski definition) is 4. The predicted molar refractivity (Wildman–Crippen MR) is 121 cm³/mol. The van der Waals surface area contributed by atoms with Gasteiger partial charge >= 0.3 is 6.03 Å². The lowest BCUT2D eigenvalue weighted by atomic mass is 10.1. The second kappa shape index (κ2) is 8.98. The lowest BCUT2D eigenvalue weighted by molar-refractivity contribution is 0.262. The minimum absolute atomic E-state index is 0.220. The van der Waals surface area contributed by atoms with Gasteiger partial charge in [-0.2, -0.15) is 4.98 Å². The van der Waals surface area contributed by atoms with Gasteiger partial charge in [-0.1, -0.05) is 29.8 Å². The third-order valence-electron chi connectivity index (χ3n) is 4.67. The van der Waals surface area contributed by atoms with Gasteiger partial charge in [-0.15, -0.1) is 0 Å². The Balaban J connectivity index is 1.51. The van der Waals surface area contributed by atoms with Crippen LogP contribution in [0, 0.1) is 0 Å². The molecule has 0 spiro atoms. The Labute approximate surface area is 179 Å². The summed E-state index contributed by atoms with van der Waals surface area (Å²) in [6.07, 6.45) is 0. The van der Waals surface area contributed by atoms with Gasteiger partial charge in [-0.05, 0) is 30.3 Å². The highest BCUT2D eigenvalue weighted by molar-refractivity contribution is 6.30. The summed E-state index contributed by atoms with van der Waals surface area (Å²) in [6.45, 7) is 3.53. The van der Waals surface area contributed by atoms with Crippen molar-refractivity contribution in [2.45, 2.75) is 0 Å². The van der Waals surface area contributed by atoms with E-state index in [0.717, 1.165) is 37.6 Å². The number of nitrogens with one attached hydrogen (secondary N) is 3. The fourth-order valence-electron chi connectivity index (χ4n) is 3.27. The zero-order chi connectivity index (χ0) is 20.9. The molecule has 2 amide bonds. The minimum atomic E-state index is -0.363. The van der Waals surface area contributed by atoms with E-state index in [1.807, 2.05) is 30.3 Å². The second-order valence-corrected chi connectivity index (χ2v) is 7.31. The molecule has 8 nitrogen and oxygen atoms in total. The zero-order valence-electron chi connectivity index (χ0n) is 16.2. The summed E-state index contributed by atoms with van der Waals surface area (Å²) in [7, 11) is 0. The molecule has 2 heterocycles. The highest BCUT2D eigenvalue weighted by Gasteiger charge is 2.15. The van der Waals surface area contributed by atoms with E-state index in [0.29, 0.717) is 22.1 Å². The van der Waals surface area contributed by atoms with Crippen molar-refractivity contribution < 1.29 is 4.79 Å². The molecule has 1 saturated heterocycles. The van der Waals surface area contributed by atoms with Crippen molar-refractivity contribution in [1.82, 2.24) is 15.3 Å². The lowest BCUT2D eigenvalue weighted by Crippen LogP contribution is -2.44. The van der Waals surface area contributed by atoms with Crippen molar-refractivity contribution in [2.75, 3.05) is 47.4 Å². The predicted octanol–water partition coefficient (Wildman–Crippen LogP) is 3.43. The van der Waals surface area contributed by atoms with E-state index in [2.05, 4.69) is 30.8 Å². The number of urea groups is 1. The van der Waals surface area contributed by atoms with Crippen molar-refractivity contribution in [2.24, 2.45) is 0 Å². The first-order valence-electron chi connectivity index (χ1n) is 9.61. The summed E-state index contributed by atoms with van der Waals surface area (Å²) < 4.78 is 0. The first-order valence-corrected chi connectivity index (χ1v) is 9.99. The van der Waals surface area contributed by atoms with Crippen molar-refractivity contribution in [3.05, 3.63) is 59.6 Å². The number of aromatic nitrogens is 2. The summed E-state index contributed by atoms with van der Waals surface area (Å²) >= 11 is 5.96. The van der Waals surface area contributed by atoms with Crippen LogP contribution >= 0.6 is 11.6 Å². The number of hydrogen-bond acceptors (Lipinski definition) is 6. The van der Waals surface area contributed by atoms with Crippen molar-refractivity contribution >= 4 is 40.8 Å². The molecule has 0 bridgehead atoms. The molecule has 0 aliphatic carbocycles. The van der Waals surface area contributed by atoms with E-state index in [1.54, 1.807) is 24.3 Å². The van der Waals surface area contributed by atoms with Gasteiger partial charge in [-0.3, -0.25) is 0 Å². The van der Waals surface area contributed by atoms with Gasteiger partial charge in [0.05, 0.1) is 5.69 Å². The van der Waals surface area contributed by atoms with Crippen molar-refractivity contribution in [3.8, 4) is 11.3 Å². The summed E-state index contributed by atoms with van der Waals surface area (Å²) in [6, 6.07) is 16.0. The molecule has 9 heteroatoms. The van der Waals surface area contributed by atoms with Crippen LogP contribution in [0.15, 0.2) is 54.6 Å². The van der Waals surface area contributed by atoms with Crippen LogP contribution < -0.4 is 26.6 Å². The van der Waals surface area contributed by atoms with Gasteiger partial charge in [0, 0.05) is 54.2 Å². The average Bonchev–Trinajstić information content (AvgIpc) is 2.74. The molecule has 3 aromatic rings. The third-order valence-corrected chi connectivity index (χ3v) is 4.90. The molecule has 4 rings (SSSR count). The third kappa shape index (κ3) is 4.97. The Morgan fingerprint density at radius 2 is 1.70 bits per heavy atom. The molecule has 1 fully saturated rings. The van der Waals surface area contributed by atoms with Crippen LogP contribution in [0.4, 0.5) is 27.9 Å². The van der Waals surface area contributed by atoms with E-state index in [9.17, 15) is 4.79 Å². The second-order valence-electron chi connectivity index (χ2n) is 6.88. The number of rotatable bonds is 4. The van der Waals surface area contributed by atoms with Gasteiger partial charge in [0.1, 0.15) is 5.82 Å². The summed E-state index contributed by atoms with van der Waals surface area (Å²) in [5.74, 6) is 1.02. The van der Waals surface area contributed by atoms with E-state index < -0.39 is 0 Å². The Hall–Kier alpha value is -3.36. The monoisotopic (exact) mass is 423 g/mol.